The summed E-state index contributed by atoms with van der Waals surface area (Å²) in [6.07, 6.45) is 6.24. The van der Waals surface area contributed by atoms with Crippen LogP contribution in [0, 0.1) is 25.7 Å². The molecule has 3 amide bonds. The largest absolute Gasteiger partial charge is 0.455 e. The van der Waals surface area contributed by atoms with Crippen LogP contribution in [-0.4, -0.2) is 77.2 Å². The summed E-state index contributed by atoms with van der Waals surface area (Å²) in [5, 5.41) is 13.0. The minimum Gasteiger partial charge on any atom is -0.455 e. The summed E-state index contributed by atoms with van der Waals surface area (Å²) in [5.74, 6) is -3.70. The van der Waals surface area contributed by atoms with E-state index in [-0.39, 0.29) is 37.9 Å². The van der Waals surface area contributed by atoms with Crippen molar-refractivity contribution in [3.05, 3.63) is 89.5 Å². The van der Waals surface area contributed by atoms with Gasteiger partial charge < -0.3 is 29.7 Å². The number of aryl methyl sites for hydroxylation is 2. The molecule has 10 nitrogen and oxygen atoms in total. The Kier molecular flexibility index (Phi) is 8.37. The zero-order valence-electron chi connectivity index (χ0n) is 25.7. The van der Waals surface area contributed by atoms with E-state index in [9.17, 15) is 24.3 Å². The molecule has 4 aliphatic rings. The van der Waals surface area contributed by atoms with E-state index in [4.69, 9.17) is 9.47 Å². The number of ether oxygens (including phenoxy) is 2. The lowest BCUT2D eigenvalue weighted by Crippen LogP contribution is -2.56. The highest BCUT2D eigenvalue weighted by Gasteiger charge is 2.73. The average molecular weight is 614 g/mol. The van der Waals surface area contributed by atoms with E-state index in [1.807, 2.05) is 74.5 Å². The second kappa shape index (κ2) is 12.3. The van der Waals surface area contributed by atoms with Gasteiger partial charge in [-0.1, -0.05) is 66.8 Å². The van der Waals surface area contributed by atoms with Crippen LogP contribution in [0.3, 0.4) is 0 Å². The number of amides is 3. The summed E-state index contributed by atoms with van der Waals surface area (Å²) >= 11 is 0. The number of rotatable bonds is 4. The number of hydrogen-bond donors (Lipinski definition) is 2. The third kappa shape index (κ3) is 5.36. The minimum atomic E-state index is -1.41. The van der Waals surface area contributed by atoms with E-state index in [0.29, 0.717) is 17.7 Å². The van der Waals surface area contributed by atoms with Crippen LogP contribution >= 0.6 is 0 Å². The number of hydrogen-bond acceptors (Lipinski definition) is 7. The van der Waals surface area contributed by atoms with Gasteiger partial charge in [0.25, 0.3) is 5.91 Å². The number of fused-ring (bicyclic) bond motifs is 2. The molecular formula is C35H39N3O7. The number of aliphatic hydroxyl groups is 1. The SMILES string of the molecule is Cc1ccc(C)c(N2C/C=C\CCC(=O)N[C@H](C)[C@@H](c3ccccc3)OC(=O)[C@@H]3[C@@H]4C=C[C@]5(O4)[C@H](C2=O)N(CCO)C(=O)[C@@H]35)c1. The van der Waals surface area contributed by atoms with Gasteiger partial charge in [-0.2, -0.15) is 0 Å². The van der Waals surface area contributed by atoms with Crippen molar-refractivity contribution in [3.63, 3.8) is 0 Å². The number of aliphatic hydroxyl groups excluding tert-OH is 1. The molecule has 4 aliphatic heterocycles. The summed E-state index contributed by atoms with van der Waals surface area (Å²) in [6, 6.07) is 13.3. The molecule has 2 aromatic carbocycles. The number of β-amino-alcohol motifs (C(OH)–C–C–N with tert-alkyl or cyclic N) is 1. The molecule has 0 unspecified atom stereocenters. The summed E-state index contributed by atoms with van der Waals surface area (Å²) in [6.45, 7) is 5.37. The molecule has 2 fully saturated rings. The molecule has 7 atom stereocenters. The first-order valence-electron chi connectivity index (χ1n) is 15.5. The number of allylic oxidation sites excluding steroid dienone is 1. The third-order valence-electron chi connectivity index (χ3n) is 9.35. The molecule has 236 valence electrons. The normalized spacial score (nSPS) is 32.4. The van der Waals surface area contributed by atoms with Crippen molar-refractivity contribution < 1.29 is 33.8 Å². The van der Waals surface area contributed by atoms with Gasteiger partial charge in [0, 0.05) is 25.2 Å². The monoisotopic (exact) mass is 613 g/mol. The van der Waals surface area contributed by atoms with Crippen molar-refractivity contribution in [1.29, 1.82) is 0 Å². The Morgan fingerprint density at radius 2 is 1.80 bits per heavy atom. The van der Waals surface area contributed by atoms with Crippen molar-refractivity contribution in [2.75, 3.05) is 24.6 Å². The number of nitrogens with one attached hydrogen (secondary N) is 1. The fourth-order valence-electron chi connectivity index (χ4n) is 7.25. The Labute approximate surface area is 262 Å². The Morgan fingerprint density at radius 1 is 1.02 bits per heavy atom. The number of nitrogens with zero attached hydrogens (tertiary/aromatic N) is 2. The van der Waals surface area contributed by atoms with Crippen molar-refractivity contribution >= 4 is 29.4 Å². The van der Waals surface area contributed by atoms with Crippen LogP contribution in [0.5, 0.6) is 0 Å². The summed E-state index contributed by atoms with van der Waals surface area (Å²) < 4.78 is 12.6. The highest BCUT2D eigenvalue weighted by Crippen LogP contribution is 2.56. The highest BCUT2D eigenvalue weighted by atomic mass is 16.6. The van der Waals surface area contributed by atoms with Crippen molar-refractivity contribution in [2.45, 2.75) is 63.5 Å². The number of benzene rings is 2. The molecular weight excluding hydrogens is 574 g/mol. The van der Waals surface area contributed by atoms with Gasteiger partial charge in [0.05, 0.1) is 24.7 Å². The Hall–Kier alpha value is -4.28. The molecule has 1 spiro atoms. The van der Waals surface area contributed by atoms with Gasteiger partial charge in [-0.3, -0.25) is 19.2 Å². The second-order valence-electron chi connectivity index (χ2n) is 12.3. The maximum Gasteiger partial charge on any atom is 0.313 e. The predicted octanol–water partition coefficient (Wildman–Crippen LogP) is 2.92. The number of esters is 1. The maximum atomic E-state index is 14.8. The second-order valence-corrected chi connectivity index (χ2v) is 12.3. The zero-order chi connectivity index (χ0) is 31.9. The average Bonchev–Trinajstić information content (AvgIpc) is 3.66. The number of carbonyl (C=O) groups is 4. The molecule has 2 N–H and O–H groups in total. The topological polar surface area (TPSA) is 125 Å². The van der Waals surface area contributed by atoms with Crippen molar-refractivity contribution in [3.8, 4) is 0 Å². The van der Waals surface area contributed by atoms with Gasteiger partial charge in [0.2, 0.25) is 11.8 Å². The van der Waals surface area contributed by atoms with E-state index in [1.54, 1.807) is 24.0 Å². The number of likely N-dealkylation sites (tertiary alicyclic amines) is 1. The van der Waals surface area contributed by atoms with E-state index in [2.05, 4.69) is 5.32 Å². The maximum absolute atomic E-state index is 14.8. The third-order valence-corrected chi connectivity index (χ3v) is 9.35. The molecule has 0 radical (unpaired) electrons. The molecule has 5 bridgehead atoms. The van der Waals surface area contributed by atoms with Gasteiger partial charge in [-0.25, -0.2) is 0 Å². The van der Waals surface area contributed by atoms with E-state index in [0.717, 1.165) is 11.1 Å². The van der Waals surface area contributed by atoms with Gasteiger partial charge in [0.15, 0.2) is 0 Å². The van der Waals surface area contributed by atoms with Crippen molar-refractivity contribution in [2.24, 2.45) is 11.8 Å². The summed E-state index contributed by atoms with van der Waals surface area (Å²) in [4.78, 5) is 59.0. The van der Waals surface area contributed by atoms with Crippen molar-refractivity contribution in [1.82, 2.24) is 10.2 Å². The van der Waals surface area contributed by atoms with Crippen LogP contribution in [0.4, 0.5) is 5.69 Å². The van der Waals surface area contributed by atoms with Crippen LogP contribution in [0.1, 0.15) is 42.6 Å². The first-order chi connectivity index (χ1) is 21.7. The quantitative estimate of drug-likeness (QED) is 0.401. The molecule has 2 aromatic rings. The van der Waals surface area contributed by atoms with Crippen LogP contribution in [-0.2, 0) is 28.7 Å². The molecule has 4 heterocycles. The number of cyclic esters (lactones) is 1. The first-order valence-corrected chi connectivity index (χ1v) is 15.5. The predicted molar refractivity (Wildman–Crippen MR) is 166 cm³/mol. The number of anilines is 1. The Bertz CT molecular complexity index is 1560. The Morgan fingerprint density at radius 3 is 2.56 bits per heavy atom. The summed E-state index contributed by atoms with van der Waals surface area (Å²) in [5.41, 5.74) is 1.80. The van der Waals surface area contributed by atoms with E-state index >= 15 is 0 Å². The first kappa shape index (κ1) is 30.7. The molecule has 0 aliphatic carbocycles. The van der Waals surface area contributed by atoms with Crippen LogP contribution in [0.2, 0.25) is 0 Å². The molecule has 0 aromatic heterocycles. The molecule has 2 saturated heterocycles. The fraction of sp³-hybridized carbons (Fsp3) is 0.429. The lowest BCUT2D eigenvalue weighted by atomic mass is 9.74. The lowest BCUT2D eigenvalue weighted by molar-refractivity contribution is -0.161. The lowest BCUT2D eigenvalue weighted by Gasteiger charge is -2.36. The molecule has 10 heteroatoms. The highest BCUT2D eigenvalue weighted by molar-refractivity contribution is 6.05. The minimum absolute atomic E-state index is 0.0939. The fourth-order valence-corrected chi connectivity index (χ4v) is 7.25. The van der Waals surface area contributed by atoms with Crippen LogP contribution in [0.25, 0.3) is 0 Å². The Balaban J connectivity index is 1.45. The summed E-state index contributed by atoms with van der Waals surface area (Å²) in [7, 11) is 0. The van der Waals surface area contributed by atoms with Gasteiger partial charge >= 0.3 is 5.97 Å². The smallest absolute Gasteiger partial charge is 0.313 e. The molecule has 45 heavy (non-hydrogen) atoms. The molecule has 6 rings (SSSR count). The van der Waals surface area contributed by atoms with Crippen LogP contribution < -0.4 is 10.2 Å². The van der Waals surface area contributed by atoms with Crippen LogP contribution in [0.15, 0.2) is 72.8 Å². The van der Waals surface area contributed by atoms with E-state index < -0.39 is 53.6 Å². The standard InChI is InChI=1S/C35H39N3O7/c1-21-13-14-22(2)25(20-21)37-17-9-5-8-12-27(40)36-23(3)30(24-10-6-4-7-11-24)44-34(43)28-26-15-16-35(45-26)29(28)32(41)38(18-19-39)31(35)33(37)42/h4-7,9-11,13-16,20,23,26,28-31,39H,8,12,17-19H2,1-3H3,(H,36,40)/b9-5-/t23-,26+,28-,29-,30+,31+,35-/m1/s1. The zero-order valence-corrected chi connectivity index (χ0v) is 25.7. The molecule has 0 saturated carbocycles. The van der Waals surface area contributed by atoms with Gasteiger partial charge in [-0.05, 0) is 49.9 Å². The van der Waals surface area contributed by atoms with E-state index in [1.165, 1.54) is 4.90 Å². The van der Waals surface area contributed by atoms with Gasteiger partial charge in [0.1, 0.15) is 23.7 Å². The number of carbonyl (C=O) groups excluding carboxylic acids is 4. The van der Waals surface area contributed by atoms with Gasteiger partial charge in [-0.15, -0.1) is 0 Å².